The molecule has 0 saturated carbocycles. The Morgan fingerprint density at radius 3 is 2.57 bits per heavy atom. The van der Waals surface area contributed by atoms with Crippen molar-refractivity contribution in [1.82, 2.24) is 9.78 Å². The molecule has 0 unspecified atom stereocenters. The molecule has 0 fully saturated rings. The Hall–Kier alpha value is -3.86. The van der Waals surface area contributed by atoms with Crippen molar-refractivity contribution < 1.29 is 23.0 Å². The van der Waals surface area contributed by atoms with E-state index >= 15 is 0 Å². The lowest BCUT2D eigenvalue weighted by Crippen LogP contribution is -2.08. The van der Waals surface area contributed by atoms with Gasteiger partial charge in [0.05, 0.1) is 31.5 Å². The van der Waals surface area contributed by atoms with Gasteiger partial charge in [-0.15, -0.1) is 0 Å². The first kappa shape index (κ1) is 20.9. The maximum Gasteiger partial charge on any atom is 0.358 e. The van der Waals surface area contributed by atoms with Crippen molar-refractivity contribution in [3.05, 3.63) is 76.6 Å². The van der Waals surface area contributed by atoms with Gasteiger partial charge in [0, 0.05) is 6.07 Å². The fraction of sp³-hybridized carbons (Fsp3) is 0.182. The molecule has 0 spiro atoms. The van der Waals surface area contributed by atoms with Gasteiger partial charge in [-0.05, 0) is 42.7 Å². The van der Waals surface area contributed by atoms with Crippen molar-refractivity contribution in [2.75, 3.05) is 19.5 Å². The molecule has 0 aliphatic rings. The lowest BCUT2D eigenvalue weighted by Gasteiger charge is -2.05. The van der Waals surface area contributed by atoms with Crippen molar-refractivity contribution in [2.45, 2.75) is 13.5 Å². The topological polar surface area (TPSA) is 79.4 Å². The Morgan fingerprint density at radius 1 is 1.17 bits per heavy atom. The monoisotopic (exact) mass is 411 g/mol. The minimum Gasteiger partial charge on any atom is -0.497 e. The van der Waals surface area contributed by atoms with E-state index in [2.05, 4.69) is 16.9 Å². The standard InChI is InChI=1S/C22H19F2N3O3/c1-3-30-22(28)20-12-15(6-9-17-18(23)10-11-19(25)21(17)24)27(26-20)13-14-4-7-16(29-2)8-5-14/h4-5,7-8,10-12H,3,13,25H2,1-2H3. The molecule has 3 aromatic rings. The van der Waals surface area contributed by atoms with Gasteiger partial charge in [-0.3, -0.25) is 4.68 Å². The number of esters is 1. The molecule has 8 heteroatoms. The van der Waals surface area contributed by atoms with Gasteiger partial charge in [-0.2, -0.15) is 5.10 Å². The van der Waals surface area contributed by atoms with Crippen LogP contribution >= 0.6 is 0 Å². The van der Waals surface area contributed by atoms with Gasteiger partial charge in [-0.1, -0.05) is 18.1 Å². The number of aromatic nitrogens is 2. The molecule has 2 aromatic carbocycles. The second-order valence-electron chi connectivity index (χ2n) is 6.22. The summed E-state index contributed by atoms with van der Waals surface area (Å²) >= 11 is 0. The summed E-state index contributed by atoms with van der Waals surface area (Å²) < 4.78 is 39.7. The van der Waals surface area contributed by atoms with Crippen molar-refractivity contribution in [3.63, 3.8) is 0 Å². The molecule has 0 saturated heterocycles. The molecule has 2 N–H and O–H groups in total. The van der Waals surface area contributed by atoms with E-state index in [4.69, 9.17) is 15.2 Å². The first-order valence-electron chi connectivity index (χ1n) is 9.06. The smallest absolute Gasteiger partial charge is 0.358 e. The highest BCUT2D eigenvalue weighted by atomic mass is 19.1. The Morgan fingerprint density at radius 2 is 1.90 bits per heavy atom. The molecule has 0 radical (unpaired) electrons. The number of rotatable bonds is 5. The minimum absolute atomic E-state index is 0.0446. The number of halogens is 2. The molecule has 3 rings (SSSR count). The van der Waals surface area contributed by atoms with Gasteiger partial charge in [-0.25, -0.2) is 13.6 Å². The van der Waals surface area contributed by atoms with Crippen LogP contribution in [0.3, 0.4) is 0 Å². The largest absolute Gasteiger partial charge is 0.497 e. The van der Waals surface area contributed by atoms with Crippen LogP contribution in [0.25, 0.3) is 0 Å². The van der Waals surface area contributed by atoms with E-state index in [9.17, 15) is 13.6 Å². The fourth-order valence-electron chi connectivity index (χ4n) is 2.66. The van der Waals surface area contributed by atoms with Crippen molar-refractivity contribution in [1.29, 1.82) is 0 Å². The summed E-state index contributed by atoms with van der Waals surface area (Å²) in [6.45, 7) is 2.14. The summed E-state index contributed by atoms with van der Waals surface area (Å²) in [5.41, 5.74) is 6.02. The lowest BCUT2D eigenvalue weighted by atomic mass is 10.1. The normalized spacial score (nSPS) is 10.3. The van der Waals surface area contributed by atoms with E-state index in [1.54, 1.807) is 26.2 Å². The van der Waals surface area contributed by atoms with E-state index in [1.807, 2.05) is 12.1 Å². The second-order valence-corrected chi connectivity index (χ2v) is 6.22. The highest BCUT2D eigenvalue weighted by molar-refractivity contribution is 5.87. The Bertz CT molecular complexity index is 1130. The maximum atomic E-state index is 14.1. The summed E-state index contributed by atoms with van der Waals surface area (Å²) in [6, 6.07) is 10.8. The molecule has 0 amide bonds. The van der Waals surface area contributed by atoms with E-state index < -0.39 is 23.2 Å². The number of ether oxygens (including phenoxy) is 2. The molecule has 1 heterocycles. The highest BCUT2D eigenvalue weighted by Crippen LogP contribution is 2.18. The number of carbonyl (C=O) groups is 1. The van der Waals surface area contributed by atoms with Gasteiger partial charge in [0.15, 0.2) is 11.5 Å². The van der Waals surface area contributed by atoms with Gasteiger partial charge in [0.2, 0.25) is 0 Å². The first-order chi connectivity index (χ1) is 14.4. The van der Waals surface area contributed by atoms with Crippen molar-refractivity contribution in [2.24, 2.45) is 0 Å². The predicted octanol–water partition coefficient (Wildman–Crippen LogP) is 3.38. The van der Waals surface area contributed by atoms with E-state index in [0.717, 1.165) is 17.7 Å². The van der Waals surface area contributed by atoms with Crippen LogP contribution in [0.15, 0.2) is 42.5 Å². The zero-order valence-electron chi connectivity index (χ0n) is 16.4. The molecule has 154 valence electrons. The number of hydrogen-bond acceptors (Lipinski definition) is 5. The number of hydrogen-bond donors (Lipinski definition) is 1. The lowest BCUT2D eigenvalue weighted by molar-refractivity contribution is 0.0518. The Kier molecular flexibility index (Phi) is 6.32. The number of benzene rings is 2. The molecular weight excluding hydrogens is 392 g/mol. The number of nitrogens with two attached hydrogens (primary N) is 1. The van der Waals surface area contributed by atoms with Crippen LogP contribution in [-0.4, -0.2) is 29.5 Å². The van der Waals surface area contributed by atoms with Crippen molar-refractivity contribution >= 4 is 11.7 Å². The molecule has 0 bridgehead atoms. The van der Waals surface area contributed by atoms with Crippen molar-refractivity contribution in [3.8, 4) is 17.6 Å². The van der Waals surface area contributed by atoms with E-state index in [0.29, 0.717) is 5.75 Å². The molecule has 6 nitrogen and oxygen atoms in total. The van der Waals surface area contributed by atoms with Gasteiger partial charge in [0.1, 0.15) is 17.3 Å². The Labute approximate surface area is 172 Å². The van der Waals surface area contributed by atoms with Gasteiger partial charge in [0.25, 0.3) is 0 Å². The number of nitrogens with zero attached hydrogens (tertiary/aromatic N) is 2. The summed E-state index contributed by atoms with van der Waals surface area (Å²) in [7, 11) is 1.57. The SMILES string of the molecule is CCOC(=O)c1cc(C#Cc2c(F)ccc(N)c2F)n(Cc2ccc(OC)cc2)n1. The van der Waals surface area contributed by atoms with Crippen LogP contribution in [0.2, 0.25) is 0 Å². The number of carbonyl (C=O) groups excluding carboxylic acids is 1. The quantitative estimate of drug-likeness (QED) is 0.396. The third-order valence-corrected chi connectivity index (χ3v) is 4.19. The fourth-order valence-corrected chi connectivity index (χ4v) is 2.66. The number of nitrogen functional groups attached to an aromatic ring is 1. The van der Waals surface area contributed by atoms with Crippen LogP contribution in [0.4, 0.5) is 14.5 Å². The number of anilines is 1. The third-order valence-electron chi connectivity index (χ3n) is 4.19. The molecule has 1 aromatic heterocycles. The molecule has 30 heavy (non-hydrogen) atoms. The van der Waals surface area contributed by atoms with Crippen LogP contribution < -0.4 is 10.5 Å². The van der Waals surface area contributed by atoms with Crippen LogP contribution in [0.5, 0.6) is 5.75 Å². The third kappa shape index (κ3) is 4.58. The average molecular weight is 411 g/mol. The minimum atomic E-state index is -0.936. The van der Waals surface area contributed by atoms with E-state index in [-0.39, 0.29) is 30.2 Å². The zero-order valence-corrected chi connectivity index (χ0v) is 16.4. The first-order valence-corrected chi connectivity index (χ1v) is 9.06. The Balaban J connectivity index is 2.00. The highest BCUT2D eigenvalue weighted by Gasteiger charge is 2.15. The summed E-state index contributed by atoms with van der Waals surface area (Å²) in [5.74, 6) is 3.45. The molecular formula is C22H19F2N3O3. The summed E-state index contributed by atoms with van der Waals surface area (Å²) in [5, 5.41) is 4.24. The van der Waals surface area contributed by atoms with Crippen LogP contribution in [0.1, 0.15) is 34.2 Å². The van der Waals surface area contributed by atoms with Gasteiger partial charge >= 0.3 is 5.97 Å². The van der Waals surface area contributed by atoms with Gasteiger partial charge < -0.3 is 15.2 Å². The predicted molar refractivity (Wildman–Crippen MR) is 107 cm³/mol. The van der Waals surface area contributed by atoms with Crippen LogP contribution in [-0.2, 0) is 11.3 Å². The average Bonchev–Trinajstić information content (AvgIpc) is 3.14. The number of methoxy groups -OCH3 is 1. The summed E-state index contributed by atoms with van der Waals surface area (Å²) in [4.78, 5) is 12.1. The van der Waals surface area contributed by atoms with Crippen LogP contribution in [0, 0.1) is 23.5 Å². The summed E-state index contributed by atoms with van der Waals surface area (Å²) in [6.07, 6.45) is 0. The second kappa shape index (κ2) is 9.09. The maximum absolute atomic E-state index is 14.1. The zero-order chi connectivity index (χ0) is 21.7. The molecule has 0 aliphatic carbocycles. The van der Waals surface area contributed by atoms with E-state index in [1.165, 1.54) is 10.7 Å². The molecule has 0 atom stereocenters. The molecule has 0 aliphatic heterocycles.